The minimum atomic E-state index is -0.0592. The van der Waals surface area contributed by atoms with Crippen molar-refractivity contribution in [1.82, 2.24) is 9.97 Å². The van der Waals surface area contributed by atoms with Crippen molar-refractivity contribution >= 4 is 0 Å². The van der Waals surface area contributed by atoms with E-state index in [0.717, 1.165) is 22.9 Å². The molecule has 2 aromatic heterocycles. The lowest BCUT2D eigenvalue weighted by molar-refractivity contribution is 0.399. The van der Waals surface area contributed by atoms with Crippen LogP contribution in [0.4, 0.5) is 0 Å². The Labute approximate surface area is 95.5 Å². The molecule has 0 aliphatic rings. The van der Waals surface area contributed by atoms with E-state index in [1.54, 1.807) is 6.20 Å². The number of rotatable bonds is 1. The molecule has 0 saturated heterocycles. The first-order chi connectivity index (χ1) is 7.47. The first-order valence-corrected chi connectivity index (χ1v) is 5.36. The maximum Gasteiger partial charge on any atom is 0.200 e. The molecular weight excluding hydrogens is 200 g/mol. The lowest BCUT2D eigenvalue weighted by atomic mass is 9.97. The summed E-state index contributed by atoms with van der Waals surface area (Å²) in [5.41, 5.74) is 1.91. The van der Waals surface area contributed by atoms with Crippen molar-refractivity contribution in [2.45, 2.75) is 33.1 Å². The van der Waals surface area contributed by atoms with Gasteiger partial charge in [-0.25, -0.2) is 4.98 Å². The number of hydrogen-bond donors (Lipinski definition) is 0. The molecule has 2 rings (SSSR count). The summed E-state index contributed by atoms with van der Waals surface area (Å²) < 4.78 is 5.72. The van der Waals surface area contributed by atoms with Crippen molar-refractivity contribution in [3.63, 3.8) is 0 Å². The van der Waals surface area contributed by atoms with Gasteiger partial charge < -0.3 is 4.42 Å². The van der Waals surface area contributed by atoms with E-state index < -0.39 is 0 Å². The summed E-state index contributed by atoms with van der Waals surface area (Å²) in [6.45, 7) is 8.20. The van der Waals surface area contributed by atoms with Gasteiger partial charge in [0.1, 0.15) is 0 Å². The largest absolute Gasteiger partial charge is 0.440 e. The van der Waals surface area contributed by atoms with E-state index in [9.17, 15) is 0 Å². The molecule has 0 atom stereocenters. The van der Waals surface area contributed by atoms with E-state index in [4.69, 9.17) is 4.42 Å². The van der Waals surface area contributed by atoms with Crippen molar-refractivity contribution in [2.24, 2.45) is 0 Å². The topological polar surface area (TPSA) is 38.9 Å². The number of oxazole rings is 1. The fourth-order valence-corrected chi connectivity index (χ4v) is 1.37. The summed E-state index contributed by atoms with van der Waals surface area (Å²) in [4.78, 5) is 8.53. The van der Waals surface area contributed by atoms with Crippen molar-refractivity contribution in [3.05, 3.63) is 36.1 Å². The molecule has 0 spiro atoms. The molecule has 0 bridgehead atoms. The normalized spacial score (nSPS) is 11.8. The predicted molar refractivity (Wildman–Crippen MR) is 63.2 cm³/mol. The minimum Gasteiger partial charge on any atom is -0.440 e. The third-order valence-corrected chi connectivity index (χ3v) is 2.34. The quantitative estimate of drug-likeness (QED) is 0.733. The van der Waals surface area contributed by atoms with E-state index in [-0.39, 0.29) is 5.41 Å². The fraction of sp³-hybridized carbons (Fsp3) is 0.385. The van der Waals surface area contributed by atoms with E-state index in [1.807, 2.05) is 25.3 Å². The lowest BCUT2D eigenvalue weighted by Crippen LogP contribution is -2.10. The molecule has 0 radical (unpaired) electrons. The third-order valence-electron chi connectivity index (χ3n) is 2.34. The van der Waals surface area contributed by atoms with E-state index in [1.165, 1.54) is 0 Å². The van der Waals surface area contributed by atoms with Gasteiger partial charge in [0.05, 0.1) is 6.20 Å². The Morgan fingerprint density at radius 2 is 1.81 bits per heavy atom. The molecule has 3 heteroatoms. The number of hydrogen-bond acceptors (Lipinski definition) is 3. The SMILES string of the molecule is Cc1ccc(-c2cnc(C(C)(C)C)o2)cn1. The van der Waals surface area contributed by atoms with Crippen LogP contribution < -0.4 is 0 Å². The van der Waals surface area contributed by atoms with Gasteiger partial charge in [-0.2, -0.15) is 0 Å². The second kappa shape index (κ2) is 3.74. The van der Waals surface area contributed by atoms with Crippen LogP contribution in [0.5, 0.6) is 0 Å². The van der Waals surface area contributed by atoms with Crippen LogP contribution in [0.3, 0.4) is 0 Å². The van der Waals surface area contributed by atoms with Crippen LogP contribution in [0.15, 0.2) is 28.9 Å². The maximum atomic E-state index is 5.72. The Balaban J connectivity index is 2.35. The Bertz CT molecular complexity index is 477. The Morgan fingerprint density at radius 3 is 2.31 bits per heavy atom. The highest BCUT2D eigenvalue weighted by molar-refractivity contribution is 5.54. The van der Waals surface area contributed by atoms with Gasteiger partial charge in [-0.15, -0.1) is 0 Å². The Morgan fingerprint density at radius 1 is 1.06 bits per heavy atom. The van der Waals surface area contributed by atoms with E-state index in [2.05, 4.69) is 30.7 Å². The standard InChI is InChI=1S/C13H16N2O/c1-9-5-6-10(7-14-9)11-8-15-12(16-11)13(2,3)4/h5-8H,1-4H3. The van der Waals surface area contributed by atoms with Gasteiger partial charge in [0, 0.05) is 22.9 Å². The zero-order valence-electron chi connectivity index (χ0n) is 10.1. The molecule has 16 heavy (non-hydrogen) atoms. The highest BCUT2D eigenvalue weighted by Crippen LogP contribution is 2.26. The van der Waals surface area contributed by atoms with Crippen molar-refractivity contribution < 1.29 is 4.42 Å². The monoisotopic (exact) mass is 216 g/mol. The molecule has 0 amide bonds. The molecule has 0 unspecified atom stereocenters. The fourth-order valence-electron chi connectivity index (χ4n) is 1.37. The number of aryl methyl sites for hydroxylation is 1. The summed E-state index contributed by atoms with van der Waals surface area (Å²) in [6, 6.07) is 3.96. The van der Waals surface area contributed by atoms with Crippen LogP contribution in [-0.4, -0.2) is 9.97 Å². The Kier molecular flexibility index (Phi) is 2.54. The summed E-state index contributed by atoms with van der Waals surface area (Å²) >= 11 is 0. The van der Waals surface area contributed by atoms with Crippen molar-refractivity contribution in [3.8, 4) is 11.3 Å². The smallest absolute Gasteiger partial charge is 0.200 e. The zero-order chi connectivity index (χ0) is 11.8. The molecular formula is C13H16N2O. The summed E-state index contributed by atoms with van der Waals surface area (Å²) in [5.74, 6) is 1.53. The van der Waals surface area contributed by atoms with Gasteiger partial charge in [0.25, 0.3) is 0 Å². The maximum absolute atomic E-state index is 5.72. The van der Waals surface area contributed by atoms with E-state index in [0.29, 0.717) is 0 Å². The molecule has 0 aliphatic heterocycles. The Hall–Kier alpha value is -1.64. The average Bonchev–Trinajstić information content (AvgIpc) is 2.67. The van der Waals surface area contributed by atoms with Crippen LogP contribution >= 0.6 is 0 Å². The third kappa shape index (κ3) is 2.13. The van der Waals surface area contributed by atoms with Crippen molar-refractivity contribution in [1.29, 1.82) is 0 Å². The number of nitrogens with zero attached hydrogens (tertiary/aromatic N) is 2. The molecule has 2 aromatic rings. The number of pyridine rings is 1. The number of aromatic nitrogens is 2. The molecule has 3 nitrogen and oxygen atoms in total. The predicted octanol–water partition coefficient (Wildman–Crippen LogP) is 3.34. The van der Waals surface area contributed by atoms with Gasteiger partial charge in [-0.05, 0) is 19.1 Å². The second-order valence-electron chi connectivity index (χ2n) is 4.97. The van der Waals surface area contributed by atoms with Crippen LogP contribution in [-0.2, 0) is 5.41 Å². The van der Waals surface area contributed by atoms with Crippen LogP contribution in [0.2, 0.25) is 0 Å². The van der Waals surface area contributed by atoms with Crippen LogP contribution in [0, 0.1) is 6.92 Å². The zero-order valence-corrected chi connectivity index (χ0v) is 10.1. The molecule has 0 fully saturated rings. The van der Waals surface area contributed by atoms with Gasteiger partial charge in [-0.1, -0.05) is 20.8 Å². The second-order valence-corrected chi connectivity index (χ2v) is 4.97. The molecule has 2 heterocycles. The summed E-state index contributed by atoms with van der Waals surface area (Å²) in [5, 5.41) is 0. The van der Waals surface area contributed by atoms with Gasteiger partial charge >= 0.3 is 0 Å². The summed E-state index contributed by atoms with van der Waals surface area (Å²) in [6.07, 6.45) is 3.56. The first kappa shape index (κ1) is 10.9. The highest BCUT2D eigenvalue weighted by atomic mass is 16.4. The molecule has 0 saturated carbocycles. The van der Waals surface area contributed by atoms with Crippen molar-refractivity contribution in [2.75, 3.05) is 0 Å². The molecule has 0 aliphatic carbocycles. The van der Waals surface area contributed by atoms with Gasteiger partial charge in [-0.3, -0.25) is 4.98 Å². The van der Waals surface area contributed by atoms with Crippen LogP contribution in [0.1, 0.15) is 32.4 Å². The highest BCUT2D eigenvalue weighted by Gasteiger charge is 2.20. The van der Waals surface area contributed by atoms with Gasteiger partial charge in [0.15, 0.2) is 11.7 Å². The first-order valence-electron chi connectivity index (χ1n) is 5.36. The molecule has 0 aromatic carbocycles. The average molecular weight is 216 g/mol. The van der Waals surface area contributed by atoms with Crippen LogP contribution in [0.25, 0.3) is 11.3 Å². The van der Waals surface area contributed by atoms with Gasteiger partial charge in [0.2, 0.25) is 0 Å². The lowest BCUT2D eigenvalue weighted by Gasteiger charge is -2.12. The van der Waals surface area contributed by atoms with E-state index >= 15 is 0 Å². The minimum absolute atomic E-state index is 0.0592. The molecule has 0 N–H and O–H groups in total. The summed E-state index contributed by atoms with van der Waals surface area (Å²) in [7, 11) is 0. The molecule has 84 valence electrons.